The molecule has 0 aromatic carbocycles. The summed E-state index contributed by atoms with van der Waals surface area (Å²) in [5, 5.41) is 8.02. The summed E-state index contributed by atoms with van der Waals surface area (Å²) < 4.78 is 6.78. The lowest BCUT2D eigenvalue weighted by atomic mass is 10.4. The first-order chi connectivity index (χ1) is 5.75. The Morgan fingerprint density at radius 1 is 1.50 bits per heavy atom. The normalized spacial score (nSPS) is 10.6. The first-order valence-electron chi connectivity index (χ1n) is 3.80. The van der Waals surface area contributed by atoms with Gasteiger partial charge in [-0.05, 0) is 24.9 Å². The minimum Gasteiger partial charge on any atom is -0.385 e. The third-order valence-electron chi connectivity index (χ3n) is 1.62. The van der Waals surface area contributed by atoms with Gasteiger partial charge in [-0.3, -0.25) is 0 Å². The lowest BCUT2D eigenvalue weighted by Crippen LogP contribution is -2.03. The van der Waals surface area contributed by atoms with Crippen LogP contribution in [0.5, 0.6) is 0 Å². The molecule has 1 aromatic heterocycles. The Balaban J connectivity index is 2.50. The summed E-state index contributed by atoms with van der Waals surface area (Å²) in [6.45, 7) is 3.42. The number of rotatable bonds is 4. The molecule has 0 saturated carbocycles. The summed E-state index contributed by atoms with van der Waals surface area (Å²) in [7, 11) is 1.68. The quantitative estimate of drug-likeness (QED) is 0.670. The fourth-order valence-electron chi connectivity index (χ4n) is 0.976. The van der Waals surface area contributed by atoms with Crippen LogP contribution in [0.4, 0.5) is 0 Å². The standard InChI is InChI=1S/C7H12ClN3O/c1-6-9-10-7(8)11(6)4-3-5-12-2/h3-5H2,1-2H3. The third-order valence-corrected chi connectivity index (χ3v) is 1.90. The van der Waals surface area contributed by atoms with Crippen molar-refractivity contribution in [3.05, 3.63) is 11.1 Å². The second-order valence-corrected chi connectivity index (χ2v) is 2.85. The molecule has 0 N–H and O–H groups in total. The van der Waals surface area contributed by atoms with Crippen molar-refractivity contribution >= 4 is 11.6 Å². The van der Waals surface area contributed by atoms with E-state index in [1.54, 1.807) is 7.11 Å². The van der Waals surface area contributed by atoms with Gasteiger partial charge in [-0.15, -0.1) is 10.2 Å². The van der Waals surface area contributed by atoms with E-state index in [1.807, 2.05) is 11.5 Å². The summed E-state index contributed by atoms with van der Waals surface area (Å²) in [6.07, 6.45) is 0.926. The number of aryl methyl sites for hydroxylation is 1. The van der Waals surface area contributed by atoms with Crippen LogP contribution in [0.2, 0.25) is 5.28 Å². The van der Waals surface area contributed by atoms with Crippen LogP contribution >= 0.6 is 11.6 Å². The molecule has 12 heavy (non-hydrogen) atoms. The summed E-state index contributed by atoms with van der Waals surface area (Å²) in [4.78, 5) is 0. The highest BCUT2D eigenvalue weighted by atomic mass is 35.5. The summed E-state index contributed by atoms with van der Waals surface area (Å²) in [5.74, 6) is 0.844. The lowest BCUT2D eigenvalue weighted by Gasteiger charge is -2.03. The zero-order valence-corrected chi connectivity index (χ0v) is 8.01. The van der Waals surface area contributed by atoms with E-state index in [1.165, 1.54) is 0 Å². The van der Waals surface area contributed by atoms with Crippen LogP contribution in [0.1, 0.15) is 12.2 Å². The summed E-state index contributed by atoms with van der Waals surface area (Å²) in [6, 6.07) is 0. The highest BCUT2D eigenvalue weighted by Gasteiger charge is 2.04. The van der Waals surface area contributed by atoms with Crippen molar-refractivity contribution < 1.29 is 4.74 Å². The smallest absolute Gasteiger partial charge is 0.225 e. The molecule has 5 heteroatoms. The van der Waals surface area contributed by atoms with Gasteiger partial charge in [-0.2, -0.15) is 0 Å². The highest BCUT2D eigenvalue weighted by molar-refractivity contribution is 6.28. The average molecular weight is 190 g/mol. The number of methoxy groups -OCH3 is 1. The minimum atomic E-state index is 0.448. The fourth-order valence-corrected chi connectivity index (χ4v) is 1.22. The molecule has 4 nitrogen and oxygen atoms in total. The Hall–Kier alpha value is -0.610. The molecule has 0 aliphatic heterocycles. The molecule has 1 heterocycles. The van der Waals surface area contributed by atoms with Gasteiger partial charge in [-0.25, -0.2) is 0 Å². The van der Waals surface area contributed by atoms with E-state index in [0.717, 1.165) is 25.4 Å². The van der Waals surface area contributed by atoms with Crippen molar-refractivity contribution in [3.8, 4) is 0 Å². The average Bonchev–Trinajstić information content (AvgIpc) is 2.35. The van der Waals surface area contributed by atoms with E-state index in [0.29, 0.717) is 5.28 Å². The third kappa shape index (κ3) is 2.19. The van der Waals surface area contributed by atoms with Crippen molar-refractivity contribution in [1.82, 2.24) is 14.8 Å². The van der Waals surface area contributed by atoms with E-state index in [9.17, 15) is 0 Å². The van der Waals surface area contributed by atoms with Crippen LogP contribution in [-0.2, 0) is 11.3 Å². The Morgan fingerprint density at radius 2 is 2.25 bits per heavy atom. The number of hydrogen-bond acceptors (Lipinski definition) is 3. The number of halogens is 1. The fraction of sp³-hybridized carbons (Fsp3) is 0.714. The Bertz CT molecular complexity index is 229. The van der Waals surface area contributed by atoms with Crippen LogP contribution in [-0.4, -0.2) is 28.5 Å². The van der Waals surface area contributed by atoms with Crippen molar-refractivity contribution in [2.75, 3.05) is 13.7 Å². The molecule has 0 bridgehead atoms. The van der Waals surface area contributed by atoms with Gasteiger partial charge in [-0.1, -0.05) is 0 Å². The Morgan fingerprint density at radius 3 is 2.75 bits per heavy atom. The van der Waals surface area contributed by atoms with Crippen molar-refractivity contribution in [1.29, 1.82) is 0 Å². The maximum Gasteiger partial charge on any atom is 0.225 e. The Kier molecular flexibility index (Phi) is 3.49. The lowest BCUT2D eigenvalue weighted by molar-refractivity contribution is 0.190. The summed E-state index contributed by atoms with van der Waals surface area (Å²) in [5.41, 5.74) is 0. The predicted molar refractivity (Wildman–Crippen MR) is 46.3 cm³/mol. The molecular weight excluding hydrogens is 178 g/mol. The van der Waals surface area contributed by atoms with E-state index >= 15 is 0 Å². The molecule has 0 radical (unpaired) electrons. The van der Waals surface area contributed by atoms with Gasteiger partial charge >= 0.3 is 0 Å². The van der Waals surface area contributed by atoms with Gasteiger partial charge in [0.25, 0.3) is 0 Å². The van der Waals surface area contributed by atoms with Gasteiger partial charge in [0.15, 0.2) is 0 Å². The molecule has 68 valence electrons. The van der Waals surface area contributed by atoms with Gasteiger partial charge in [0, 0.05) is 20.3 Å². The summed E-state index contributed by atoms with van der Waals surface area (Å²) >= 11 is 5.77. The molecule has 0 aliphatic carbocycles. The first kappa shape index (κ1) is 9.48. The van der Waals surface area contributed by atoms with Gasteiger partial charge < -0.3 is 9.30 Å². The molecular formula is C7H12ClN3O. The first-order valence-corrected chi connectivity index (χ1v) is 4.17. The molecule has 0 amide bonds. The van der Waals surface area contributed by atoms with E-state index in [4.69, 9.17) is 16.3 Å². The van der Waals surface area contributed by atoms with Crippen LogP contribution in [0.3, 0.4) is 0 Å². The number of hydrogen-bond donors (Lipinski definition) is 0. The number of nitrogens with zero attached hydrogens (tertiary/aromatic N) is 3. The van der Waals surface area contributed by atoms with Gasteiger partial charge in [0.1, 0.15) is 5.82 Å². The maximum absolute atomic E-state index is 5.77. The van der Waals surface area contributed by atoms with E-state index in [-0.39, 0.29) is 0 Å². The van der Waals surface area contributed by atoms with Gasteiger partial charge in [0.2, 0.25) is 5.28 Å². The van der Waals surface area contributed by atoms with Crippen LogP contribution in [0, 0.1) is 6.92 Å². The van der Waals surface area contributed by atoms with Crippen LogP contribution in [0.25, 0.3) is 0 Å². The molecule has 1 rings (SSSR count). The Labute approximate surface area is 76.5 Å². The molecule has 0 atom stereocenters. The molecule has 0 fully saturated rings. The van der Waals surface area contributed by atoms with Gasteiger partial charge in [0.05, 0.1) is 0 Å². The molecule has 1 aromatic rings. The van der Waals surface area contributed by atoms with Crippen LogP contribution in [0.15, 0.2) is 0 Å². The second-order valence-electron chi connectivity index (χ2n) is 2.51. The zero-order valence-electron chi connectivity index (χ0n) is 7.25. The van der Waals surface area contributed by atoms with E-state index in [2.05, 4.69) is 10.2 Å². The number of ether oxygens (including phenoxy) is 1. The minimum absolute atomic E-state index is 0.448. The van der Waals surface area contributed by atoms with Crippen molar-refractivity contribution in [3.63, 3.8) is 0 Å². The highest BCUT2D eigenvalue weighted by Crippen LogP contribution is 2.07. The van der Waals surface area contributed by atoms with E-state index < -0.39 is 0 Å². The molecule has 0 aliphatic rings. The molecule has 0 saturated heterocycles. The second kappa shape index (κ2) is 4.42. The zero-order chi connectivity index (χ0) is 8.97. The molecule has 0 spiro atoms. The maximum atomic E-state index is 5.77. The van der Waals surface area contributed by atoms with Crippen molar-refractivity contribution in [2.24, 2.45) is 0 Å². The number of aromatic nitrogens is 3. The SMILES string of the molecule is COCCCn1c(C)nnc1Cl. The predicted octanol–water partition coefficient (Wildman–Crippen LogP) is 1.28. The molecule has 0 unspecified atom stereocenters. The topological polar surface area (TPSA) is 39.9 Å². The van der Waals surface area contributed by atoms with Crippen LogP contribution < -0.4 is 0 Å². The largest absolute Gasteiger partial charge is 0.385 e. The monoisotopic (exact) mass is 189 g/mol. The van der Waals surface area contributed by atoms with Crippen molar-refractivity contribution in [2.45, 2.75) is 19.9 Å².